The summed E-state index contributed by atoms with van der Waals surface area (Å²) in [5, 5.41) is 0. The number of rotatable bonds is 7. The quantitative estimate of drug-likeness (QED) is 0.425. The molecule has 0 heterocycles. The minimum atomic E-state index is 0.0183. The Morgan fingerprint density at radius 3 is 1.08 bits per heavy atom. The Bertz CT molecular complexity index is 146. The van der Waals surface area contributed by atoms with Crippen LogP contribution < -0.4 is 0 Å². The van der Waals surface area contributed by atoms with Gasteiger partial charge in [0.25, 0.3) is 0 Å². The number of carbonyl (C=O) groups is 4. The summed E-state index contributed by atoms with van der Waals surface area (Å²) in [5.41, 5.74) is 0. The van der Waals surface area contributed by atoms with Crippen LogP contribution in [0.1, 0.15) is 0 Å². The van der Waals surface area contributed by atoms with Crippen molar-refractivity contribution >= 4 is 25.6 Å². The average molecular weight is 172 g/mol. The maximum atomic E-state index is 10.0. The summed E-state index contributed by atoms with van der Waals surface area (Å²) in [6.07, 6.45) is 1.28. The molecule has 0 aromatic rings. The first-order chi connectivity index (χ1) is 5.78. The largest absolute Gasteiger partial charge is 0.286 e. The molecule has 0 aliphatic rings. The van der Waals surface area contributed by atoms with Gasteiger partial charge >= 0.3 is 0 Å². The van der Waals surface area contributed by atoms with Crippen molar-refractivity contribution in [3.05, 3.63) is 0 Å². The predicted octanol–water partition coefficient (Wildman–Crippen LogP) is -1.78. The second kappa shape index (κ2) is 6.02. The molecule has 0 atom stereocenters. The first-order valence-electron chi connectivity index (χ1n) is 3.11. The first-order valence-corrected chi connectivity index (χ1v) is 3.11. The van der Waals surface area contributed by atoms with E-state index in [2.05, 4.69) is 0 Å². The summed E-state index contributed by atoms with van der Waals surface area (Å²) in [7, 11) is 0. The topological polar surface area (TPSA) is 74.8 Å². The fourth-order valence-corrected chi connectivity index (χ4v) is 0.491. The lowest BCUT2D eigenvalue weighted by Gasteiger charge is -2.12. The lowest BCUT2D eigenvalue weighted by molar-refractivity contribution is -0.134. The number of nitrogens with zero attached hydrogens (tertiary/aromatic N) is 2. The Balaban J connectivity index is 3.77. The van der Waals surface area contributed by atoms with Crippen molar-refractivity contribution in [2.24, 2.45) is 0 Å². The van der Waals surface area contributed by atoms with Gasteiger partial charge in [0.05, 0.1) is 0 Å². The molecule has 0 fully saturated rings. The van der Waals surface area contributed by atoms with E-state index in [4.69, 9.17) is 0 Å². The summed E-state index contributed by atoms with van der Waals surface area (Å²) >= 11 is 0. The SMILES string of the molecule is O=CN(C=O)CCN(C=O)C=O. The Morgan fingerprint density at radius 2 is 0.917 bits per heavy atom. The zero-order valence-electron chi connectivity index (χ0n) is 6.25. The van der Waals surface area contributed by atoms with Gasteiger partial charge in [0.15, 0.2) is 0 Å². The summed E-state index contributed by atoms with van der Waals surface area (Å²) in [5.74, 6) is 0. The minimum absolute atomic E-state index is 0.0183. The summed E-state index contributed by atoms with van der Waals surface area (Å²) in [6, 6.07) is 0. The molecule has 12 heavy (non-hydrogen) atoms. The monoisotopic (exact) mass is 172 g/mol. The van der Waals surface area contributed by atoms with E-state index in [1.807, 2.05) is 0 Å². The van der Waals surface area contributed by atoms with Crippen molar-refractivity contribution in [1.82, 2.24) is 9.80 Å². The van der Waals surface area contributed by atoms with Gasteiger partial charge in [-0.3, -0.25) is 29.0 Å². The molecule has 0 saturated carbocycles. The van der Waals surface area contributed by atoms with Crippen molar-refractivity contribution in [3.8, 4) is 0 Å². The van der Waals surface area contributed by atoms with E-state index in [0.29, 0.717) is 25.6 Å². The number of amides is 4. The second-order valence-corrected chi connectivity index (χ2v) is 1.90. The van der Waals surface area contributed by atoms with Crippen LogP contribution in [-0.2, 0) is 19.2 Å². The van der Waals surface area contributed by atoms with E-state index in [0.717, 1.165) is 9.80 Å². The fourth-order valence-electron chi connectivity index (χ4n) is 0.491. The van der Waals surface area contributed by atoms with E-state index >= 15 is 0 Å². The molecule has 0 spiro atoms. The molecule has 0 aromatic heterocycles. The molecular weight excluding hydrogens is 164 g/mol. The van der Waals surface area contributed by atoms with Gasteiger partial charge in [-0.05, 0) is 0 Å². The van der Waals surface area contributed by atoms with Crippen molar-refractivity contribution in [3.63, 3.8) is 0 Å². The van der Waals surface area contributed by atoms with Crippen molar-refractivity contribution in [2.75, 3.05) is 13.1 Å². The standard InChI is InChI=1S/C6H8N2O4/c9-3-7(4-10)1-2-8(5-11)6-12/h3-6H,1-2H2. The third-order valence-corrected chi connectivity index (χ3v) is 1.16. The van der Waals surface area contributed by atoms with Gasteiger partial charge < -0.3 is 0 Å². The van der Waals surface area contributed by atoms with Crippen LogP contribution in [0.3, 0.4) is 0 Å². The third-order valence-electron chi connectivity index (χ3n) is 1.16. The van der Waals surface area contributed by atoms with Crippen LogP contribution in [0.25, 0.3) is 0 Å². The highest BCUT2D eigenvalue weighted by Gasteiger charge is 2.02. The fraction of sp³-hybridized carbons (Fsp3) is 0.333. The number of carbonyl (C=O) groups excluding carboxylic acids is 4. The normalized spacial score (nSPS) is 8.33. The van der Waals surface area contributed by atoms with Crippen molar-refractivity contribution < 1.29 is 19.2 Å². The Hall–Kier alpha value is -1.72. The molecule has 0 aliphatic heterocycles. The highest BCUT2D eigenvalue weighted by atomic mass is 16.2. The predicted molar refractivity (Wildman–Crippen MR) is 37.7 cm³/mol. The van der Waals surface area contributed by atoms with E-state index < -0.39 is 0 Å². The van der Waals surface area contributed by atoms with Crippen molar-refractivity contribution in [1.29, 1.82) is 0 Å². The summed E-state index contributed by atoms with van der Waals surface area (Å²) in [4.78, 5) is 41.7. The number of imide groups is 2. The number of hydrogen-bond acceptors (Lipinski definition) is 4. The van der Waals surface area contributed by atoms with Crippen LogP contribution in [-0.4, -0.2) is 48.5 Å². The van der Waals surface area contributed by atoms with E-state index in [9.17, 15) is 19.2 Å². The van der Waals surface area contributed by atoms with Gasteiger partial charge in [0.2, 0.25) is 25.6 Å². The Morgan fingerprint density at radius 1 is 0.667 bits per heavy atom. The van der Waals surface area contributed by atoms with Crippen LogP contribution in [0.2, 0.25) is 0 Å². The molecule has 0 rings (SSSR count). The van der Waals surface area contributed by atoms with Crippen molar-refractivity contribution in [2.45, 2.75) is 0 Å². The lowest BCUT2D eigenvalue weighted by Crippen LogP contribution is -2.32. The maximum absolute atomic E-state index is 10.0. The molecule has 0 unspecified atom stereocenters. The van der Waals surface area contributed by atoms with Gasteiger partial charge in [0.1, 0.15) is 0 Å². The Kier molecular flexibility index (Phi) is 5.16. The van der Waals surface area contributed by atoms with Gasteiger partial charge in [-0.25, -0.2) is 0 Å². The van der Waals surface area contributed by atoms with Gasteiger partial charge in [-0.15, -0.1) is 0 Å². The Labute approximate surface area is 68.7 Å². The van der Waals surface area contributed by atoms with Crippen LogP contribution in [0.15, 0.2) is 0 Å². The molecule has 0 aromatic carbocycles. The highest BCUT2D eigenvalue weighted by Crippen LogP contribution is 1.80. The lowest BCUT2D eigenvalue weighted by atomic mass is 10.5. The molecule has 6 nitrogen and oxygen atoms in total. The molecule has 0 N–H and O–H groups in total. The zero-order chi connectivity index (χ0) is 9.40. The van der Waals surface area contributed by atoms with Gasteiger partial charge in [0, 0.05) is 13.1 Å². The minimum Gasteiger partial charge on any atom is -0.286 e. The second-order valence-electron chi connectivity index (χ2n) is 1.90. The molecular formula is C6H8N2O4. The molecule has 0 radical (unpaired) electrons. The molecule has 4 amide bonds. The van der Waals surface area contributed by atoms with Crippen LogP contribution in [0.5, 0.6) is 0 Å². The van der Waals surface area contributed by atoms with Crippen LogP contribution in [0, 0.1) is 0 Å². The number of hydrogen-bond donors (Lipinski definition) is 0. The maximum Gasteiger partial charge on any atom is 0.216 e. The van der Waals surface area contributed by atoms with Crippen LogP contribution in [0.4, 0.5) is 0 Å². The molecule has 0 bridgehead atoms. The zero-order valence-corrected chi connectivity index (χ0v) is 6.25. The van der Waals surface area contributed by atoms with E-state index in [1.165, 1.54) is 0 Å². The smallest absolute Gasteiger partial charge is 0.216 e. The third kappa shape index (κ3) is 3.45. The molecule has 66 valence electrons. The van der Waals surface area contributed by atoms with Gasteiger partial charge in [-0.1, -0.05) is 0 Å². The highest BCUT2D eigenvalue weighted by molar-refractivity contribution is 5.70. The first kappa shape index (κ1) is 10.3. The average Bonchev–Trinajstić information content (AvgIpc) is 2.13. The summed E-state index contributed by atoms with van der Waals surface area (Å²) < 4.78 is 0. The molecule has 6 heteroatoms. The molecule has 0 aliphatic carbocycles. The van der Waals surface area contributed by atoms with E-state index in [-0.39, 0.29) is 13.1 Å². The van der Waals surface area contributed by atoms with Gasteiger partial charge in [-0.2, -0.15) is 0 Å². The van der Waals surface area contributed by atoms with Crippen LogP contribution >= 0.6 is 0 Å². The summed E-state index contributed by atoms with van der Waals surface area (Å²) in [6.45, 7) is 0.0367. The molecule has 0 saturated heterocycles. The van der Waals surface area contributed by atoms with E-state index in [1.54, 1.807) is 0 Å².